The van der Waals surface area contributed by atoms with Gasteiger partial charge < -0.3 is 25.0 Å². The Labute approximate surface area is 147 Å². The zero-order valence-corrected chi connectivity index (χ0v) is 14.4. The average molecular weight is 350 g/mol. The number of likely N-dealkylation sites (tertiary alicyclic amines) is 1. The molecule has 2 saturated heterocycles. The van der Waals surface area contributed by atoms with Crippen LogP contribution in [0.3, 0.4) is 0 Å². The summed E-state index contributed by atoms with van der Waals surface area (Å²) in [5.74, 6) is 0.493. The molecule has 3 N–H and O–H groups in total. The molecule has 2 aliphatic heterocycles. The zero-order valence-electron chi connectivity index (χ0n) is 14.4. The predicted octanol–water partition coefficient (Wildman–Crippen LogP) is 0.0100. The third-order valence-corrected chi connectivity index (χ3v) is 5.02. The van der Waals surface area contributed by atoms with Crippen LogP contribution in [0.1, 0.15) is 23.2 Å². The Morgan fingerprint density at radius 3 is 2.56 bits per heavy atom. The molecule has 1 amide bonds. The predicted molar refractivity (Wildman–Crippen MR) is 91.7 cm³/mol. The molecule has 0 radical (unpaired) electrons. The molecule has 0 aromatic heterocycles. The van der Waals surface area contributed by atoms with E-state index in [-0.39, 0.29) is 24.7 Å². The number of aliphatic hydroxyl groups excluding tert-OH is 2. The summed E-state index contributed by atoms with van der Waals surface area (Å²) in [6.07, 6.45) is 0.502. The third-order valence-electron chi connectivity index (χ3n) is 5.02. The second-order valence-corrected chi connectivity index (χ2v) is 6.56. The quantitative estimate of drug-likeness (QED) is 0.670. The lowest BCUT2D eigenvalue weighted by Gasteiger charge is -2.30. The van der Waals surface area contributed by atoms with E-state index in [0.717, 1.165) is 25.9 Å². The number of nitrogens with zero attached hydrogens (tertiary/aromatic N) is 1. The minimum atomic E-state index is -0.744. The molecule has 25 heavy (non-hydrogen) atoms. The SMILES string of the molecule is COc1ccc(C(=O)NC[C@@H]2O[C@@H](CO)[C@@H](O)[C@H]2N2CCCC2)cc1. The van der Waals surface area contributed by atoms with Crippen LogP contribution in [0, 0.1) is 0 Å². The highest BCUT2D eigenvalue weighted by Crippen LogP contribution is 2.28. The summed E-state index contributed by atoms with van der Waals surface area (Å²) in [6, 6.07) is 6.68. The molecule has 1 aromatic rings. The molecule has 0 aliphatic carbocycles. The molecule has 3 rings (SSSR count). The summed E-state index contributed by atoms with van der Waals surface area (Å²) in [6.45, 7) is 1.88. The van der Waals surface area contributed by atoms with Crippen molar-refractivity contribution in [2.24, 2.45) is 0 Å². The van der Waals surface area contributed by atoms with Crippen molar-refractivity contribution in [1.82, 2.24) is 10.2 Å². The van der Waals surface area contributed by atoms with Crippen LogP contribution >= 0.6 is 0 Å². The molecule has 7 heteroatoms. The highest BCUT2D eigenvalue weighted by atomic mass is 16.5. The van der Waals surface area contributed by atoms with Gasteiger partial charge in [0.15, 0.2) is 0 Å². The summed E-state index contributed by atoms with van der Waals surface area (Å²) < 4.78 is 10.9. The molecule has 0 bridgehead atoms. The van der Waals surface area contributed by atoms with E-state index in [1.165, 1.54) is 0 Å². The number of methoxy groups -OCH3 is 1. The van der Waals surface area contributed by atoms with Crippen LogP contribution in [-0.4, -0.2) is 78.7 Å². The van der Waals surface area contributed by atoms with E-state index >= 15 is 0 Å². The smallest absolute Gasteiger partial charge is 0.251 e. The number of ether oxygens (including phenoxy) is 2. The molecule has 138 valence electrons. The van der Waals surface area contributed by atoms with Gasteiger partial charge in [0.2, 0.25) is 0 Å². The Morgan fingerprint density at radius 2 is 1.96 bits per heavy atom. The van der Waals surface area contributed by atoms with E-state index in [1.807, 2.05) is 0 Å². The standard InChI is InChI=1S/C18H26N2O5/c1-24-13-6-4-12(5-7-13)18(23)19-10-14-16(20-8-2-3-9-20)17(22)15(11-21)25-14/h4-7,14-17,21-22H,2-3,8-11H2,1H3,(H,19,23)/t14-,15-,16-,17+/m0/s1. The Morgan fingerprint density at radius 1 is 1.28 bits per heavy atom. The van der Waals surface area contributed by atoms with Crippen LogP contribution in [0.4, 0.5) is 0 Å². The van der Waals surface area contributed by atoms with E-state index in [1.54, 1.807) is 31.4 Å². The van der Waals surface area contributed by atoms with Gasteiger partial charge in [0, 0.05) is 12.1 Å². The third kappa shape index (κ3) is 3.95. The highest BCUT2D eigenvalue weighted by Gasteiger charge is 2.46. The minimum absolute atomic E-state index is 0.198. The summed E-state index contributed by atoms with van der Waals surface area (Å²) in [7, 11) is 1.58. The molecule has 4 atom stereocenters. The van der Waals surface area contributed by atoms with Crippen molar-refractivity contribution in [1.29, 1.82) is 0 Å². The lowest BCUT2D eigenvalue weighted by atomic mass is 10.0. The van der Waals surface area contributed by atoms with Crippen LogP contribution in [-0.2, 0) is 4.74 Å². The van der Waals surface area contributed by atoms with Gasteiger partial charge in [0.05, 0.1) is 25.9 Å². The minimum Gasteiger partial charge on any atom is -0.497 e. The number of aliphatic hydroxyl groups is 2. The largest absolute Gasteiger partial charge is 0.497 e. The second kappa shape index (κ2) is 8.14. The molecule has 2 heterocycles. The van der Waals surface area contributed by atoms with Gasteiger partial charge >= 0.3 is 0 Å². The summed E-state index contributed by atoms with van der Waals surface area (Å²) >= 11 is 0. The Kier molecular flexibility index (Phi) is 5.90. The number of carbonyl (C=O) groups excluding carboxylic acids is 1. The maximum absolute atomic E-state index is 12.3. The van der Waals surface area contributed by atoms with Crippen molar-refractivity contribution >= 4 is 5.91 Å². The van der Waals surface area contributed by atoms with E-state index in [4.69, 9.17) is 9.47 Å². The van der Waals surface area contributed by atoms with Crippen molar-refractivity contribution in [3.63, 3.8) is 0 Å². The van der Waals surface area contributed by atoms with E-state index in [2.05, 4.69) is 10.2 Å². The van der Waals surface area contributed by atoms with Crippen LogP contribution in [0.2, 0.25) is 0 Å². The van der Waals surface area contributed by atoms with Crippen molar-refractivity contribution in [2.75, 3.05) is 33.4 Å². The van der Waals surface area contributed by atoms with Gasteiger partial charge in [-0.1, -0.05) is 0 Å². The first-order valence-electron chi connectivity index (χ1n) is 8.74. The molecular formula is C18H26N2O5. The van der Waals surface area contributed by atoms with Gasteiger partial charge in [-0.25, -0.2) is 0 Å². The number of amides is 1. The second-order valence-electron chi connectivity index (χ2n) is 6.56. The van der Waals surface area contributed by atoms with Gasteiger partial charge in [-0.2, -0.15) is 0 Å². The number of hydrogen-bond acceptors (Lipinski definition) is 6. The lowest BCUT2D eigenvalue weighted by Crippen LogP contribution is -2.50. The van der Waals surface area contributed by atoms with Gasteiger partial charge in [-0.15, -0.1) is 0 Å². The normalized spacial score (nSPS) is 29.7. The van der Waals surface area contributed by atoms with Crippen molar-refractivity contribution in [3.8, 4) is 5.75 Å². The molecule has 2 fully saturated rings. The maximum atomic E-state index is 12.3. The van der Waals surface area contributed by atoms with E-state index in [0.29, 0.717) is 17.9 Å². The van der Waals surface area contributed by atoms with Crippen molar-refractivity contribution < 1.29 is 24.5 Å². The van der Waals surface area contributed by atoms with Crippen molar-refractivity contribution in [2.45, 2.75) is 37.2 Å². The van der Waals surface area contributed by atoms with Crippen LogP contribution in [0.5, 0.6) is 5.75 Å². The number of rotatable bonds is 6. The average Bonchev–Trinajstić information content (AvgIpc) is 3.27. The molecule has 2 aliphatic rings. The number of hydrogen-bond donors (Lipinski definition) is 3. The van der Waals surface area contributed by atoms with Crippen molar-refractivity contribution in [3.05, 3.63) is 29.8 Å². The molecule has 1 aromatic carbocycles. The fraction of sp³-hybridized carbons (Fsp3) is 0.611. The molecule has 0 unspecified atom stereocenters. The van der Waals surface area contributed by atoms with E-state index in [9.17, 15) is 15.0 Å². The first kappa shape index (κ1) is 18.1. The van der Waals surface area contributed by atoms with E-state index < -0.39 is 12.2 Å². The van der Waals surface area contributed by atoms with Crippen LogP contribution in [0.15, 0.2) is 24.3 Å². The Hall–Kier alpha value is -1.67. The van der Waals surface area contributed by atoms with Gasteiger partial charge in [0.1, 0.15) is 18.0 Å². The van der Waals surface area contributed by atoms with Gasteiger partial charge in [-0.05, 0) is 50.2 Å². The Bertz CT molecular complexity index is 573. The topological polar surface area (TPSA) is 91.3 Å². The monoisotopic (exact) mass is 350 g/mol. The number of nitrogens with one attached hydrogen (secondary N) is 1. The molecule has 7 nitrogen and oxygen atoms in total. The van der Waals surface area contributed by atoms with Crippen LogP contribution in [0.25, 0.3) is 0 Å². The number of benzene rings is 1. The molecular weight excluding hydrogens is 324 g/mol. The fourth-order valence-electron chi connectivity index (χ4n) is 3.67. The molecule has 0 spiro atoms. The lowest BCUT2D eigenvalue weighted by molar-refractivity contribution is -0.0209. The van der Waals surface area contributed by atoms with Gasteiger partial charge in [-0.3, -0.25) is 9.69 Å². The van der Waals surface area contributed by atoms with Gasteiger partial charge in [0.25, 0.3) is 5.91 Å². The first-order chi connectivity index (χ1) is 12.1. The highest BCUT2D eigenvalue weighted by molar-refractivity contribution is 5.94. The fourth-order valence-corrected chi connectivity index (χ4v) is 3.67. The molecule has 0 saturated carbocycles. The Balaban J connectivity index is 1.62. The van der Waals surface area contributed by atoms with Crippen LogP contribution < -0.4 is 10.1 Å². The summed E-state index contributed by atoms with van der Waals surface area (Å²) in [4.78, 5) is 14.5. The zero-order chi connectivity index (χ0) is 17.8. The first-order valence-corrected chi connectivity index (χ1v) is 8.74. The maximum Gasteiger partial charge on any atom is 0.251 e. The number of carbonyl (C=O) groups is 1. The summed E-state index contributed by atoms with van der Waals surface area (Å²) in [5, 5.41) is 22.8. The summed E-state index contributed by atoms with van der Waals surface area (Å²) in [5.41, 5.74) is 0.538.